The van der Waals surface area contributed by atoms with Gasteiger partial charge in [-0.2, -0.15) is 0 Å². The number of ether oxygens (including phenoxy) is 2. The van der Waals surface area contributed by atoms with Crippen LogP contribution in [-0.2, 0) is 27.2 Å². The summed E-state index contributed by atoms with van der Waals surface area (Å²) in [5, 5.41) is 30.9. The quantitative estimate of drug-likeness (QED) is 0.163. The predicted octanol–water partition coefficient (Wildman–Crippen LogP) is 4.58. The first-order valence-corrected chi connectivity index (χ1v) is 17.3. The van der Waals surface area contributed by atoms with Crippen molar-refractivity contribution in [1.29, 1.82) is 0 Å². The van der Waals surface area contributed by atoms with Gasteiger partial charge >= 0.3 is 6.09 Å². The molecule has 1 aromatic heterocycles. The molecule has 0 radical (unpaired) electrons. The van der Waals surface area contributed by atoms with E-state index >= 15 is 0 Å². The third-order valence-corrected chi connectivity index (χ3v) is 9.63. The number of benzene rings is 2. The standard InChI is InChI=1S/C39H51FN4O7/c1-23-11-17-31(45)34(23)43-36(47)28(20-26-9-7-8-10-29(26)40)21-32(46)30(42-37(48)35(39(2,3)4)44-38(49)51-6)19-24-12-14-25(15-13-24)27-16-18-33(50-5)41-22-27/h7-10,12-16,18,22-23,28,30-32,34-35,45-46H,11,17,19-21H2,1-6H3,(H,42,48)(H,43,47)(H,44,49)/t23-,28-,30+,31-,32+,34+,35-/m1/s1. The summed E-state index contributed by atoms with van der Waals surface area (Å²) in [7, 11) is 2.75. The van der Waals surface area contributed by atoms with Gasteiger partial charge in [-0.05, 0) is 72.3 Å². The number of aromatic nitrogens is 1. The molecule has 0 unspecified atom stereocenters. The normalized spacial score (nSPS) is 19.7. The van der Waals surface area contributed by atoms with Gasteiger partial charge < -0.3 is 35.6 Å². The lowest BCUT2D eigenvalue weighted by Crippen LogP contribution is -2.58. The van der Waals surface area contributed by atoms with E-state index in [0.29, 0.717) is 17.9 Å². The van der Waals surface area contributed by atoms with Crippen molar-refractivity contribution in [3.63, 3.8) is 0 Å². The Labute approximate surface area is 299 Å². The van der Waals surface area contributed by atoms with Crippen molar-refractivity contribution in [1.82, 2.24) is 20.9 Å². The monoisotopic (exact) mass is 706 g/mol. The lowest BCUT2D eigenvalue weighted by Gasteiger charge is -2.33. The Morgan fingerprint density at radius 1 is 0.941 bits per heavy atom. The second-order valence-electron chi connectivity index (χ2n) is 14.5. The Morgan fingerprint density at radius 2 is 1.63 bits per heavy atom. The van der Waals surface area contributed by atoms with E-state index in [1.165, 1.54) is 13.2 Å². The topological polar surface area (TPSA) is 159 Å². The summed E-state index contributed by atoms with van der Waals surface area (Å²) in [5.74, 6) is -1.79. The van der Waals surface area contributed by atoms with Gasteiger partial charge in [0.25, 0.3) is 0 Å². The molecule has 7 atom stereocenters. The lowest BCUT2D eigenvalue weighted by molar-refractivity contribution is -0.128. The number of aliphatic hydroxyl groups is 2. The summed E-state index contributed by atoms with van der Waals surface area (Å²) in [6.07, 6.45) is 0.301. The summed E-state index contributed by atoms with van der Waals surface area (Å²) in [6.45, 7) is 7.33. The van der Waals surface area contributed by atoms with Crippen LogP contribution in [0.3, 0.4) is 0 Å². The van der Waals surface area contributed by atoms with E-state index < -0.39 is 65.4 Å². The van der Waals surface area contributed by atoms with Gasteiger partial charge in [-0.25, -0.2) is 14.2 Å². The van der Waals surface area contributed by atoms with Crippen LogP contribution < -0.4 is 20.7 Å². The highest BCUT2D eigenvalue weighted by Crippen LogP contribution is 2.28. The molecule has 3 aromatic rings. The summed E-state index contributed by atoms with van der Waals surface area (Å²) in [4.78, 5) is 44.1. The number of methoxy groups -OCH3 is 2. The fourth-order valence-corrected chi connectivity index (χ4v) is 6.52. The predicted molar refractivity (Wildman–Crippen MR) is 191 cm³/mol. The Kier molecular flexibility index (Phi) is 13.5. The van der Waals surface area contributed by atoms with E-state index in [2.05, 4.69) is 20.9 Å². The van der Waals surface area contributed by atoms with Crippen molar-refractivity contribution in [2.75, 3.05) is 14.2 Å². The fraction of sp³-hybridized carbons (Fsp3) is 0.487. The zero-order chi connectivity index (χ0) is 37.3. The van der Waals surface area contributed by atoms with E-state index in [1.807, 2.05) is 37.3 Å². The molecule has 1 aliphatic carbocycles. The molecular weight excluding hydrogens is 655 g/mol. The maximum atomic E-state index is 14.9. The number of rotatable bonds is 14. The largest absolute Gasteiger partial charge is 0.481 e. The minimum absolute atomic E-state index is 0.00741. The number of nitrogens with zero attached hydrogens (tertiary/aromatic N) is 1. The van der Waals surface area contributed by atoms with Gasteiger partial charge in [0, 0.05) is 23.7 Å². The number of halogens is 1. The van der Waals surface area contributed by atoms with Crippen LogP contribution in [0.2, 0.25) is 0 Å². The van der Waals surface area contributed by atoms with Gasteiger partial charge in [0.2, 0.25) is 17.7 Å². The highest BCUT2D eigenvalue weighted by Gasteiger charge is 2.38. The van der Waals surface area contributed by atoms with E-state index in [4.69, 9.17) is 9.47 Å². The number of carbonyl (C=O) groups excluding carboxylic acids is 3. The van der Waals surface area contributed by atoms with Gasteiger partial charge in [0.15, 0.2) is 0 Å². The number of hydrogen-bond acceptors (Lipinski definition) is 8. The van der Waals surface area contributed by atoms with Crippen LogP contribution >= 0.6 is 0 Å². The number of aliphatic hydroxyl groups excluding tert-OH is 2. The molecular formula is C39H51FN4O7. The second-order valence-corrected chi connectivity index (χ2v) is 14.5. The fourth-order valence-electron chi connectivity index (χ4n) is 6.52. The van der Waals surface area contributed by atoms with Gasteiger partial charge in [-0.3, -0.25) is 9.59 Å². The van der Waals surface area contributed by atoms with E-state index in [0.717, 1.165) is 23.1 Å². The highest BCUT2D eigenvalue weighted by atomic mass is 19.1. The highest BCUT2D eigenvalue weighted by molar-refractivity contribution is 5.86. The van der Waals surface area contributed by atoms with E-state index in [1.54, 1.807) is 58.3 Å². The molecule has 1 fully saturated rings. The summed E-state index contributed by atoms with van der Waals surface area (Å²) in [6, 6.07) is 15.0. The summed E-state index contributed by atoms with van der Waals surface area (Å²) in [5.41, 5.74) is 2.14. The van der Waals surface area contributed by atoms with Crippen molar-refractivity contribution in [2.24, 2.45) is 17.3 Å². The first-order chi connectivity index (χ1) is 24.2. The van der Waals surface area contributed by atoms with Crippen LogP contribution in [0.1, 0.15) is 58.1 Å². The Hall–Kier alpha value is -4.55. The number of hydrogen-bond donors (Lipinski definition) is 5. The molecule has 12 heteroatoms. The maximum Gasteiger partial charge on any atom is 0.407 e. The number of pyridine rings is 1. The average Bonchev–Trinajstić information content (AvgIpc) is 3.42. The summed E-state index contributed by atoms with van der Waals surface area (Å²) < 4.78 is 24.8. The van der Waals surface area contributed by atoms with Gasteiger partial charge in [-0.15, -0.1) is 0 Å². The van der Waals surface area contributed by atoms with Gasteiger partial charge in [0.05, 0.1) is 38.5 Å². The van der Waals surface area contributed by atoms with E-state index in [-0.39, 0.29) is 25.2 Å². The lowest BCUT2D eigenvalue weighted by atomic mass is 9.85. The number of alkyl carbamates (subject to hydrolysis) is 1. The minimum atomic E-state index is -1.27. The Bertz CT molecular complexity index is 1600. The zero-order valence-electron chi connectivity index (χ0n) is 30.2. The van der Waals surface area contributed by atoms with Crippen molar-refractivity contribution < 1.29 is 38.5 Å². The second kappa shape index (κ2) is 17.6. The Morgan fingerprint density at radius 3 is 2.20 bits per heavy atom. The smallest absolute Gasteiger partial charge is 0.407 e. The maximum absolute atomic E-state index is 14.9. The van der Waals surface area contributed by atoms with Crippen LogP contribution in [0.25, 0.3) is 11.1 Å². The van der Waals surface area contributed by atoms with Crippen LogP contribution in [-0.4, -0.2) is 77.7 Å². The molecule has 3 amide bonds. The van der Waals surface area contributed by atoms with Gasteiger partial charge in [0.1, 0.15) is 11.9 Å². The van der Waals surface area contributed by atoms with Crippen molar-refractivity contribution >= 4 is 17.9 Å². The van der Waals surface area contributed by atoms with Crippen molar-refractivity contribution in [2.45, 2.75) is 90.1 Å². The SMILES string of the molecule is COC(=O)N[C@H](C(=O)N[C@@H](Cc1ccc(-c2ccc(OC)nc2)cc1)[C@@H](O)C[C@@H](Cc1ccccc1F)C(=O)N[C@H]1[C@H](C)CC[C@H]1O)C(C)(C)C. The van der Waals surface area contributed by atoms with Crippen LogP contribution in [0.4, 0.5) is 9.18 Å². The van der Waals surface area contributed by atoms with Crippen LogP contribution in [0, 0.1) is 23.1 Å². The van der Waals surface area contributed by atoms with Crippen molar-refractivity contribution in [3.05, 3.63) is 83.8 Å². The Balaban J connectivity index is 1.63. The molecule has 1 aliphatic rings. The molecule has 1 saturated carbocycles. The van der Waals surface area contributed by atoms with Gasteiger partial charge in [-0.1, -0.05) is 70.2 Å². The molecule has 4 rings (SSSR count). The number of amides is 3. The minimum Gasteiger partial charge on any atom is -0.481 e. The molecule has 11 nitrogen and oxygen atoms in total. The number of carbonyl (C=O) groups is 3. The third kappa shape index (κ3) is 10.7. The van der Waals surface area contributed by atoms with Crippen LogP contribution in [0.15, 0.2) is 66.9 Å². The molecule has 5 N–H and O–H groups in total. The summed E-state index contributed by atoms with van der Waals surface area (Å²) >= 11 is 0. The first-order valence-electron chi connectivity index (χ1n) is 17.3. The molecule has 2 aromatic carbocycles. The average molecular weight is 707 g/mol. The van der Waals surface area contributed by atoms with Crippen LogP contribution in [0.5, 0.6) is 5.88 Å². The third-order valence-electron chi connectivity index (χ3n) is 9.63. The first kappa shape index (κ1) is 39.2. The molecule has 276 valence electrons. The number of nitrogens with one attached hydrogen (secondary N) is 3. The molecule has 0 saturated heterocycles. The zero-order valence-corrected chi connectivity index (χ0v) is 30.2. The molecule has 0 spiro atoms. The molecule has 0 aliphatic heterocycles. The molecule has 1 heterocycles. The van der Waals surface area contributed by atoms with Crippen molar-refractivity contribution in [3.8, 4) is 17.0 Å². The molecule has 0 bridgehead atoms. The van der Waals surface area contributed by atoms with E-state index in [9.17, 15) is 29.0 Å². The molecule has 51 heavy (non-hydrogen) atoms.